The molecule has 0 bridgehead atoms. The molecule has 1 atom stereocenters. The van der Waals surface area contributed by atoms with Gasteiger partial charge in [-0.1, -0.05) is 6.42 Å². The fourth-order valence-corrected chi connectivity index (χ4v) is 2.26. The smallest absolute Gasteiger partial charge is 0.141 e. The Morgan fingerprint density at radius 1 is 1.29 bits per heavy atom. The largest absolute Gasteiger partial charge is 0.323 e. The van der Waals surface area contributed by atoms with E-state index in [1.54, 1.807) is 6.07 Å². The van der Waals surface area contributed by atoms with Gasteiger partial charge in [-0.15, -0.1) is 0 Å². The van der Waals surface area contributed by atoms with E-state index in [-0.39, 0.29) is 11.9 Å². The van der Waals surface area contributed by atoms with Crippen molar-refractivity contribution in [1.82, 2.24) is 9.88 Å². The first kappa shape index (κ1) is 12.5. The van der Waals surface area contributed by atoms with Gasteiger partial charge in [0.25, 0.3) is 0 Å². The van der Waals surface area contributed by atoms with Gasteiger partial charge < -0.3 is 10.6 Å². The summed E-state index contributed by atoms with van der Waals surface area (Å²) in [7, 11) is 0. The quantitative estimate of drug-likeness (QED) is 0.872. The molecule has 0 amide bonds. The van der Waals surface area contributed by atoms with Crippen molar-refractivity contribution in [2.45, 2.75) is 31.7 Å². The monoisotopic (exact) mass is 237 g/mol. The van der Waals surface area contributed by atoms with Crippen LogP contribution >= 0.6 is 0 Å². The number of halogens is 1. The average Bonchev–Trinajstić information content (AvgIpc) is 2.38. The average molecular weight is 237 g/mol. The standard InChI is InChI=1S/C13H20FN3/c14-11-4-5-13(16-10-11)12(15)6-9-17-7-2-1-3-8-17/h4-5,10,12H,1-3,6-9,15H2. The molecule has 1 aromatic heterocycles. The predicted octanol–water partition coefficient (Wildman–Crippen LogP) is 2.10. The highest BCUT2D eigenvalue weighted by atomic mass is 19.1. The van der Waals surface area contributed by atoms with Gasteiger partial charge in [0.15, 0.2) is 0 Å². The van der Waals surface area contributed by atoms with Gasteiger partial charge in [-0.2, -0.15) is 0 Å². The molecule has 94 valence electrons. The fourth-order valence-electron chi connectivity index (χ4n) is 2.26. The lowest BCUT2D eigenvalue weighted by Gasteiger charge is -2.27. The van der Waals surface area contributed by atoms with Gasteiger partial charge in [0.05, 0.1) is 11.9 Å². The molecule has 17 heavy (non-hydrogen) atoms. The van der Waals surface area contributed by atoms with E-state index < -0.39 is 0 Å². The lowest BCUT2D eigenvalue weighted by atomic mass is 10.1. The Labute approximate surface area is 102 Å². The number of piperidine rings is 1. The highest BCUT2D eigenvalue weighted by Crippen LogP contribution is 2.14. The predicted molar refractivity (Wildman–Crippen MR) is 66.0 cm³/mol. The van der Waals surface area contributed by atoms with Crippen LogP contribution in [0.15, 0.2) is 18.3 Å². The first-order chi connectivity index (χ1) is 8.25. The summed E-state index contributed by atoms with van der Waals surface area (Å²) in [4.78, 5) is 6.47. The van der Waals surface area contributed by atoms with E-state index in [9.17, 15) is 4.39 Å². The molecule has 1 aliphatic rings. The van der Waals surface area contributed by atoms with Crippen molar-refractivity contribution in [2.24, 2.45) is 5.73 Å². The number of hydrogen-bond donors (Lipinski definition) is 1. The summed E-state index contributed by atoms with van der Waals surface area (Å²) in [6.45, 7) is 3.38. The fraction of sp³-hybridized carbons (Fsp3) is 0.615. The summed E-state index contributed by atoms with van der Waals surface area (Å²) >= 11 is 0. The maximum absolute atomic E-state index is 12.7. The number of likely N-dealkylation sites (tertiary alicyclic amines) is 1. The molecule has 1 fully saturated rings. The first-order valence-corrected chi connectivity index (χ1v) is 6.35. The summed E-state index contributed by atoms with van der Waals surface area (Å²) in [6.07, 6.45) is 6.06. The van der Waals surface area contributed by atoms with E-state index in [2.05, 4.69) is 9.88 Å². The van der Waals surface area contributed by atoms with Crippen LogP contribution in [0.3, 0.4) is 0 Å². The maximum atomic E-state index is 12.7. The van der Waals surface area contributed by atoms with Crippen molar-refractivity contribution in [2.75, 3.05) is 19.6 Å². The maximum Gasteiger partial charge on any atom is 0.141 e. The molecule has 1 unspecified atom stereocenters. The molecule has 3 nitrogen and oxygen atoms in total. The molecule has 2 heterocycles. The normalized spacial score (nSPS) is 19.2. The first-order valence-electron chi connectivity index (χ1n) is 6.35. The number of nitrogens with zero attached hydrogens (tertiary/aromatic N) is 2. The van der Waals surface area contributed by atoms with Crippen LogP contribution < -0.4 is 5.73 Å². The van der Waals surface area contributed by atoms with Crippen LogP contribution in [0.2, 0.25) is 0 Å². The Morgan fingerprint density at radius 3 is 2.71 bits per heavy atom. The van der Waals surface area contributed by atoms with Crippen LogP contribution in [0.1, 0.15) is 37.4 Å². The minimum Gasteiger partial charge on any atom is -0.323 e. The van der Waals surface area contributed by atoms with Gasteiger partial charge in [0.2, 0.25) is 0 Å². The summed E-state index contributed by atoms with van der Waals surface area (Å²) in [5.74, 6) is -0.308. The molecule has 4 heteroatoms. The van der Waals surface area contributed by atoms with Crippen molar-refractivity contribution >= 4 is 0 Å². The minimum atomic E-state index is -0.308. The van der Waals surface area contributed by atoms with Gasteiger partial charge in [-0.3, -0.25) is 4.98 Å². The van der Waals surface area contributed by atoms with Crippen LogP contribution in [-0.4, -0.2) is 29.5 Å². The Hall–Kier alpha value is -1.00. The second-order valence-corrected chi connectivity index (χ2v) is 4.70. The number of pyridine rings is 1. The van der Waals surface area contributed by atoms with E-state index >= 15 is 0 Å². The summed E-state index contributed by atoms with van der Waals surface area (Å²) < 4.78 is 12.7. The van der Waals surface area contributed by atoms with E-state index in [0.29, 0.717) is 0 Å². The van der Waals surface area contributed by atoms with E-state index in [4.69, 9.17) is 5.73 Å². The van der Waals surface area contributed by atoms with Gasteiger partial charge in [0, 0.05) is 6.04 Å². The molecule has 2 rings (SSSR count). The Morgan fingerprint density at radius 2 is 2.06 bits per heavy atom. The lowest BCUT2D eigenvalue weighted by molar-refractivity contribution is 0.221. The highest BCUT2D eigenvalue weighted by molar-refractivity contribution is 5.09. The zero-order chi connectivity index (χ0) is 12.1. The Kier molecular flexibility index (Phi) is 4.45. The number of hydrogen-bond acceptors (Lipinski definition) is 3. The molecule has 1 saturated heterocycles. The van der Waals surface area contributed by atoms with Crippen LogP contribution in [0.25, 0.3) is 0 Å². The molecule has 0 saturated carbocycles. The molecule has 1 aliphatic heterocycles. The summed E-state index contributed by atoms with van der Waals surface area (Å²) in [5, 5.41) is 0. The van der Waals surface area contributed by atoms with Crippen molar-refractivity contribution in [3.63, 3.8) is 0 Å². The van der Waals surface area contributed by atoms with E-state index in [1.165, 1.54) is 44.6 Å². The molecule has 0 radical (unpaired) electrons. The minimum absolute atomic E-state index is 0.0856. The van der Waals surface area contributed by atoms with Crippen LogP contribution in [0, 0.1) is 5.82 Å². The van der Waals surface area contributed by atoms with Gasteiger partial charge >= 0.3 is 0 Å². The molecular formula is C13H20FN3. The molecule has 0 spiro atoms. The third-order valence-electron chi connectivity index (χ3n) is 3.34. The van der Waals surface area contributed by atoms with Crippen LogP contribution in [0.4, 0.5) is 4.39 Å². The van der Waals surface area contributed by atoms with E-state index in [0.717, 1.165) is 18.7 Å². The molecule has 1 aromatic rings. The van der Waals surface area contributed by atoms with Crippen molar-refractivity contribution < 1.29 is 4.39 Å². The Balaban J connectivity index is 1.80. The Bertz CT molecular complexity index is 333. The third-order valence-corrected chi connectivity index (χ3v) is 3.34. The van der Waals surface area contributed by atoms with Crippen LogP contribution in [0.5, 0.6) is 0 Å². The molecule has 2 N–H and O–H groups in total. The van der Waals surface area contributed by atoms with Gasteiger partial charge in [-0.25, -0.2) is 4.39 Å². The SMILES string of the molecule is NC(CCN1CCCCC1)c1ccc(F)cn1. The van der Waals surface area contributed by atoms with Gasteiger partial charge in [-0.05, 0) is 51.0 Å². The second kappa shape index (κ2) is 6.07. The zero-order valence-corrected chi connectivity index (χ0v) is 10.1. The van der Waals surface area contributed by atoms with Crippen molar-refractivity contribution in [3.05, 3.63) is 29.8 Å². The number of rotatable bonds is 4. The van der Waals surface area contributed by atoms with Crippen LogP contribution in [-0.2, 0) is 0 Å². The lowest BCUT2D eigenvalue weighted by Crippen LogP contribution is -2.32. The molecular weight excluding hydrogens is 217 g/mol. The molecule has 0 aromatic carbocycles. The third kappa shape index (κ3) is 3.75. The summed E-state index contributed by atoms with van der Waals surface area (Å²) in [6, 6.07) is 3.01. The second-order valence-electron chi connectivity index (χ2n) is 4.70. The molecule has 0 aliphatic carbocycles. The summed E-state index contributed by atoms with van der Waals surface area (Å²) in [5.41, 5.74) is 6.83. The van der Waals surface area contributed by atoms with Crippen molar-refractivity contribution in [1.29, 1.82) is 0 Å². The zero-order valence-electron chi connectivity index (χ0n) is 10.1. The topological polar surface area (TPSA) is 42.1 Å². The highest BCUT2D eigenvalue weighted by Gasteiger charge is 2.13. The van der Waals surface area contributed by atoms with Crippen molar-refractivity contribution in [3.8, 4) is 0 Å². The number of aromatic nitrogens is 1. The van der Waals surface area contributed by atoms with E-state index in [1.807, 2.05) is 0 Å². The van der Waals surface area contributed by atoms with Gasteiger partial charge in [0.1, 0.15) is 5.82 Å². The number of nitrogens with two attached hydrogens (primary N) is 1.